The van der Waals surface area contributed by atoms with E-state index in [1.54, 1.807) is 0 Å². The SMILES string of the molecule is O=C(O)N1C[C@@H](N2CCOCC2)C[C@@H]1CO. The van der Waals surface area contributed by atoms with Crippen molar-refractivity contribution in [2.75, 3.05) is 39.5 Å². The average molecular weight is 230 g/mol. The average Bonchev–Trinajstić information content (AvgIpc) is 2.74. The van der Waals surface area contributed by atoms with E-state index in [-0.39, 0.29) is 18.7 Å². The molecule has 16 heavy (non-hydrogen) atoms. The molecule has 0 bridgehead atoms. The van der Waals surface area contributed by atoms with E-state index < -0.39 is 6.09 Å². The number of rotatable bonds is 2. The fourth-order valence-electron chi connectivity index (χ4n) is 2.51. The number of likely N-dealkylation sites (tertiary alicyclic amines) is 1. The van der Waals surface area contributed by atoms with Crippen molar-refractivity contribution in [2.45, 2.75) is 18.5 Å². The lowest BCUT2D eigenvalue weighted by molar-refractivity contribution is 0.0186. The van der Waals surface area contributed by atoms with Gasteiger partial charge in [-0.1, -0.05) is 0 Å². The van der Waals surface area contributed by atoms with Crippen molar-refractivity contribution in [3.63, 3.8) is 0 Å². The highest BCUT2D eigenvalue weighted by Gasteiger charge is 2.37. The molecule has 2 saturated heterocycles. The van der Waals surface area contributed by atoms with E-state index in [9.17, 15) is 4.79 Å². The summed E-state index contributed by atoms with van der Waals surface area (Å²) in [6.45, 7) is 3.56. The van der Waals surface area contributed by atoms with Crippen LogP contribution in [0, 0.1) is 0 Å². The molecule has 0 unspecified atom stereocenters. The molecule has 92 valence electrons. The molecule has 0 aliphatic carbocycles. The monoisotopic (exact) mass is 230 g/mol. The predicted octanol–water partition coefficient (Wildman–Crippen LogP) is -0.568. The summed E-state index contributed by atoms with van der Waals surface area (Å²) in [6.07, 6.45) is -0.210. The van der Waals surface area contributed by atoms with Crippen LogP contribution in [0.5, 0.6) is 0 Å². The molecule has 2 heterocycles. The third kappa shape index (κ3) is 2.28. The van der Waals surface area contributed by atoms with Crippen LogP contribution in [0.1, 0.15) is 6.42 Å². The van der Waals surface area contributed by atoms with Crippen LogP contribution in [0.3, 0.4) is 0 Å². The van der Waals surface area contributed by atoms with Crippen molar-refractivity contribution < 1.29 is 19.7 Å². The Morgan fingerprint density at radius 1 is 1.38 bits per heavy atom. The van der Waals surface area contributed by atoms with Gasteiger partial charge in [0.2, 0.25) is 0 Å². The Morgan fingerprint density at radius 3 is 2.56 bits per heavy atom. The van der Waals surface area contributed by atoms with Crippen LogP contribution in [-0.2, 0) is 4.74 Å². The Bertz CT molecular complexity index is 255. The number of amides is 1. The van der Waals surface area contributed by atoms with Crippen molar-refractivity contribution >= 4 is 6.09 Å². The maximum absolute atomic E-state index is 11.0. The minimum Gasteiger partial charge on any atom is -0.465 e. The number of nitrogens with zero attached hydrogens (tertiary/aromatic N) is 2. The number of morpholine rings is 1. The molecule has 1 amide bonds. The zero-order valence-corrected chi connectivity index (χ0v) is 9.21. The van der Waals surface area contributed by atoms with Gasteiger partial charge in [0.05, 0.1) is 25.9 Å². The van der Waals surface area contributed by atoms with Gasteiger partial charge in [0.15, 0.2) is 0 Å². The summed E-state index contributed by atoms with van der Waals surface area (Å²) in [5, 5.41) is 18.2. The van der Waals surface area contributed by atoms with Crippen LogP contribution in [0.15, 0.2) is 0 Å². The van der Waals surface area contributed by atoms with Crippen molar-refractivity contribution in [1.82, 2.24) is 9.80 Å². The second-order valence-corrected chi connectivity index (χ2v) is 4.31. The highest BCUT2D eigenvalue weighted by molar-refractivity contribution is 5.66. The molecule has 2 atom stereocenters. The molecule has 2 rings (SSSR count). The van der Waals surface area contributed by atoms with Gasteiger partial charge in [0, 0.05) is 25.7 Å². The van der Waals surface area contributed by atoms with Crippen molar-refractivity contribution in [2.24, 2.45) is 0 Å². The van der Waals surface area contributed by atoms with Gasteiger partial charge in [-0.05, 0) is 6.42 Å². The maximum atomic E-state index is 11.0. The van der Waals surface area contributed by atoms with Gasteiger partial charge in [-0.15, -0.1) is 0 Å². The van der Waals surface area contributed by atoms with Crippen LogP contribution in [0.2, 0.25) is 0 Å². The Balaban J connectivity index is 1.95. The summed E-state index contributed by atoms with van der Waals surface area (Å²) in [6, 6.07) is -0.0116. The molecule has 2 aliphatic heterocycles. The summed E-state index contributed by atoms with van der Waals surface area (Å²) in [5.74, 6) is 0. The van der Waals surface area contributed by atoms with E-state index in [1.807, 2.05) is 0 Å². The number of aliphatic hydroxyl groups is 1. The molecule has 6 nitrogen and oxygen atoms in total. The molecule has 0 aromatic rings. The topological polar surface area (TPSA) is 73.2 Å². The van der Waals surface area contributed by atoms with Crippen LogP contribution in [0.4, 0.5) is 4.79 Å². The molecule has 0 saturated carbocycles. The summed E-state index contributed by atoms with van der Waals surface area (Å²) in [5.41, 5.74) is 0. The van der Waals surface area contributed by atoms with E-state index >= 15 is 0 Å². The van der Waals surface area contributed by atoms with Crippen LogP contribution >= 0.6 is 0 Å². The molecular weight excluding hydrogens is 212 g/mol. The molecule has 6 heteroatoms. The molecule has 2 N–H and O–H groups in total. The van der Waals surface area contributed by atoms with Gasteiger partial charge in [0.25, 0.3) is 0 Å². The number of carboxylic acid groups (broad SMARTS) is 1. The van der Waals surface area contributed by atoms with E-state index in [1.165, 1.54) is 4.90 Å². The van der Waals surface area contributed by atoms with Crippen LogP contribution < -0.4 is 0 Å². The number of ether oxygens (including phenoxy) is 1. The Kier molecular flexibility index (Phi) is 3.63. The zero-order chi connectivity index (χ0) is 11.5. The summed E-state index contributed by atoms with van der Waals surface area (Å²) in [7, 11) is 0. The largest absolute Gasteiger partial charge is 0.465 e. The predicted molar refractivity (Wildman–Crippen MR) is 56.4 cm³/mol. The quantitative estimate of drug-likeness (QED) is 0.664. The second-order valence-electron chi connectivity index (χ2n) is 4.31. The maximum Gasteiger partial charge on any atom is 0.407 e. The lowest BCUT2D eigenvalue weighted by atomic mass is 10.1. The first kappa shape index (κ1) is 11.6. The van der Waals surface area contributed by atoms with E-state index in [0.29, 0.717) is 19.8 Å². The first-order chi connectivity index (χ1) is 7.72. The minimum absolute atomic E-state index is 0.0901. The molecule has 2 fully saturated rings. The molecule has 0 radical (unpaired) electrons. The Morgan fingerprint density at radius 2 is 2.06 bits per heavy atom. The van der Waals surface area contributed by atoms with E-state index in [0.717, 1.165) is 19.5 Å². The van der Waals surface area contributed by atoms with Gasteiger partial charge in [-0.25, -0.2) is 4.79 Å². The Hall–Kier alpha value is -0.850. The first-order valence-electron chi connectivity index (χ1n) is 5.64. The van der Waals surface area contributed by atoms with Crippen LogP contribution in [0.25, 0.3) is 0 Å². The van der Waals surface area contributed by atoms with Crippen molar-refractivity contribution in [3.05, 3.63) is 0 Å². The standard InChI is InChI=1S/C10H18N2O4/c13-7-9-5-8(6-12(9)10(14)15)11-1-3-16-4-2-11/h8-9,13H,1-7H2,(H,14,15)/t8-,9+/m0/s1. The van der Waals surface area contributed by atoms with E-state index in [2.05, 4.69) is 4.90 Å². The lowest BCUT2D eigenvalue weighted by Crippen LogP contribution is -2.45. The Labute approximate surface area is 94.4 Å². The third-order valence-electron chi connectivity index (χ3n) is 3.41. The summed E-state index contributed by atoms with van der Waals surface area (Å²) >= 11 is 0. The fourth-order valence-corrected chi connectivity index (χ4v) is 2.51. The second kappa shape index (κ2) is 4.99. The fraction of sp³-hybridized carbons (Fsp3) is 0.900. The van der Waals surface area contributed by atoms with Crippen molar-refractivity contribution in [1.29, 1.82) is 0 Å². The highest BCUT2D eigenvalue weighted by atomic mass is 16.5. The van der Waals surface area contributed by atoms with E-state index in [4.69, 9.17) is 14.9 Å². The number of aliphatic hydroxyl groups excluding tert-OH is 1. The number of carbonyl (C=O) groups is 1. The molecular formula is C10H18N2O4. The van der Waals surface area contributed by atoms with Gasteiger partial charge in [0.1, 0.15) is 0 Å². The molecule has 0 aromatic heterocycles. The van der Waals surface area contributed by atoms with Gasteiger partial charge < -0.3 is 19.8 Å². The third-order valence-corrected chi connectivity index (χ3v) is 3.41. The number of hydrogen-bond donors (Lipinski definition) is 2. The smallest absolute Gasteiger partial charge is 0.407 e. The lowest BCUT2D eigenvalue weighted by Gasteiger charge is -2.31. The molecule has 0 aromatic carbocycles. The first-order valence-corrected chi connectivity index (χ1v) is 5.64. The summed E-state index contributed by atoms with van der Waals surface area (Å²) in [4.78, 5) is 14.6. The highest BCUT2D eigenvalue weighted by Crippen LogP contribution is 2.22. The summed E-state index contributed by atoms with van der Waals surface area (Å²) < 4.78 is 5.27. The van der Waals surface area contributed by atoms with Gasteiger partial charge >= 0.3 is 6.09 Å². The normalized spacial score (nSPS) is 31.9. The van der Waals surface area contributed by atoms with Crippen molar-refractivity contribution in [3.8, 4) is 0 Å². The zero-order valence-electron chi connectivity index (χ0n) is 9.21. The molecule has 0 spiro atoms. The van der Waals surface area contributed by atoms with Gasteiger partial charge in [-0.3, -0.25) is 4.90 Å². The van der Waals surface area contributed by atoms with Gasteiger partial charge in [-0.2, -0.15) is 0 Å². The number of hydrogen-bond acceptors (Lipinski definition) is 4. The molecule has 2 aliphatic rings. The minimum atomic E-state index is -0.935. The van der Waals surface area contributed by atoms with Crippen LogP contribution in [-0.4, -0.2) is 77.6 Å².